The summed E-state index contributed by atoms with van der Waals surface area (Å²) in [4.78, 5) is 36.8. The van der Waals surface area contributed by atoms with Gasteiger partial charge in [0, 0.05) is 22.7 Å². The monoisotopic (exact) mass is 407 g/mol. The lowest BCUT2D eigenvalue weighted by Crippen LogP contribution is -2.41. The van der Waals surface area contributed by atoms with Crippen LogP contribution < -0.4 is 16.2 Å². The number of hydrogen-bond donors (Lipinski definition) is 3. The van der Waals surface area contributed by atoms with Crippen LogP contribution in [-0.4, -0.2) is 17.7 Å². The molecule has 158 valence electrons. The van der Waals surface area contributed by atoms with Crippen LogP contribution in [0.4, 0.5) is 5.69 Å². The molecule has 0 heterocycles. The molecule has 0 aliphatic heterocycles. The number of benzene rings is 2. The van der Waals surface area contributed by atoms with Gasteiger partial charge in [-0.15, -0.1) is 0 Å². The van der Waals surface area contributed by atoms with Crippen LogP contribution in [0.15, 0.2) is 48.5 Å². The van der Waals surface area contributed by atoms with Gasteiger partial charge in [-0.3, -0.25) is 25.2 Å². The summed E-state index contributed by atoms with van der Waals surface area (Å²) in [7, 11) is 0. The minimum Gasteiger partial charge on any atom is -0.326 e. The molecule has 3 N–H and O–H groups in total. The molecule has 30 heavy (non-hydrogen) atoms. The number of hydrogen-bond acceptors (Lipinski definition) is 3. The fraction of sp³-hybridized carbons (Fsp3) is 0.375. The smallest absolute Gasteiger partial charge is 0.269 e. The van der Waals surface area contributed by atoms with Gasteiger partial charge in [0.25, 0.3) is 11.8 Å². The highest BCUT2D eigenvalue weighted by Gasteiger charge is 2.21. The van der Waals surface area contributed by atoms with Gasteiger partial charge in [0.15, 0.2) is 0 Å². The van der Waals surface area contributed by atoms with Gasteiger partial charge < -0.3 is 5.32 Å². The maximum absolute atomic E-state index is 12.3. The van der Waals surface area contributed by atoms with Crippen LogP contribution in [0.2, 0.25) is 0 Å². The Morgan fingerprint density at radius 3 is 1.77 bits per heavy atom. The average molecular weight is 408 g/mol. The maximum Gasteiger partial charge on any atom is 0.269 e. The van der Waals surface area contributed by atoms with Crippen molar-refractivity contribution in [2.45, 2.75) is 51.9 Å². The highest BCUT2D eigenvalue weighted by molar-refractivity contribution is 5.99. The standard InChI is InChI=1S/C24H29N3O3/c1-16(2)17-8-10-19(11-9-17)23(29)26-27-24(30)20-12-14-21(15-13-20)25-22(28)18-6-4-3-5-7-18/h8-16,18H,3-7H2,1-2H3,(H,25,28)(H,26,29)(H,27,30). The molecule has 1 fully saturated rings. The van der Waals surface area contributed by atoms with E-state index in [4.69, 9.17) is 0 Å². The molecule has 6 heteroatoms. The summed E-state index contributed by atoms with van der Waals surface area (Å²) in [5.74, 6) is -0.297. The predicted octanol–water partition coefficient (Wildman–Crippen LogP) is 4.40. The van der Waals surface area contributed by atoms with E-state index in [-0.39, 0.29) is 17.7 Å². The lowest BCUT2D eigenvalue weighted by atomic mass is 9.88. The van der Waals surface area contributed by atoms with E-state index in [2.05, 4.69) is 30.0 Å². The van der Waals surface area contributed by atoms with E-state index in [9.17, 15) is 14.4 Å². The third-order valence-corrected chi connectivity index (χ3v) is 5.52. The van der Waals surface area contributed by atoms with Crippen LogP contribution in [0.3, 0.4) is 0 Å². The largest absolute Gasteiger partial charge is 0.326 e. The summed E-state index contributed by atoms with van der Waals surface area (Å²) in [6, 6.07) is 13.9. The zero-order valence-corrected chi connectivity index (χ0v) is 17.5. The van der Waals surface area contributed by atoms with Crippen molar-refractivity contribution < 1.29 is 14.4 Å². The van der Waals surface area contributed by atoms with Crippen molar-refractivity contribution >= 4 is 23.4 Å². The average Bonchev–Trinajstić information content (AvgIpc) is 2.78. The third-order valence-electron chi connectivity index (χ3n) is 5.52. The predicted molar refractivity (Wildman–Crippen MR) is 117 cm³/mol. The minimum absolute atomic E-state index is 0.0441. The first kappa shape index (κ1) is 21.6. The van der Waals surface area contributed by atoms with Gasteiger partial charge in [-0.25, -0.2) is 0 Å². The Labute approximate surface area is 177 Å². The topological polar surface area (TPSA) is 87.3 Å². The Hall–Kier alpha value is -3.15. The van der Waals surface area contributed by atoms with E-state index < -0.39 is 5.91 Å². The second-order valence-electron chi connectivity index (χ2n) is 8.09. The summed E-state index contributed by atoms with van der Waals surface area (Å²) in [5.41, 5.74) is 7.52. The fourth-order valence-corrected chi connectivity index (χ4v) is 3.59. The molecule has 6 nitrogen and oxygen atoms in total. The van der Waals surface area contributed by atoms with Crippen LogP contribution in [0.25, 0.3) is 0 Å². The van der Waals surface area contributed by atoms with E-state index in [0.717, 1.165) is 31.2 Å². The van der Waals surface area contributed by atoms with Crippen molar-refractivity contribution in [1.82, 2.24) is 10.9 Å². The van der Waals surface area contributed by atoms with Crippen molar-refractivity contribution in [3.05, 3.63) is 65.2 Å². The molecule has 2 aromatic rings. The summed E-state index contributed by atoms with van der Waals surface area (Å²) >= 11 is 0. The molecular weight excluding hydrogens is 378 g/mol. The Bertz CT molecular complexity index is 883. The van der Waals surface area contributed by atoms with Crippen molar-refractivity contribution in [3.8, 4) is 0 Å². The number of amides is 3. The molecule has 0 atom stereocenters. The van der Waals surface area contributed by atoms with Crippen LogP contribution in [0, 0.1) is 5.92 Å². The maximum atomic E-state index is 12.3. The van der Waals surface area contributed by atoms with Crippen LogP contribution in [0.1, 0.15) is 78.1 Å². The quantitative estimate of drug-likeness (QED) is 0.642. The molecule has 0 spiro atoms. The van der Waals surface area contributed by atoms with E-state index in [1.165, 1.54) is 6.42 Å². The van der Waals surface area contributed by atoms with Crippen molar-refractivity contribution in [2.24, 2.45) is 5.92 Å². The number of anilines is 1. The molecular formula is C24H29N3O3. The molecule has 2 aromatic carbocycles. The molecule has 1 saturated carbocycles. The summed E-state index contributed by atoms with van der Waals surface area (Å²) < 4.78 is 0. The Balaban J connectivity index is 1.50. The molecule has 3 rings (SSSR count). The first-order chi connectivity index (χ1) is 14.4. The summed E-state index contributed by atoms with van der Waals surface area (Å²) in [5, 5.41) is 2.92. The minimum atomic E-state index is -0.424. The first-order valence-corrected chi connectivity index (χ1v) is 10.6. The van der Waals surface area contributed by atoms with Crippen LogP contribution in [-0.2, 0) is 4.79 Å². The molecule has 0 radical (unpaired) electrons. The van der Waals surface area contributed by atoms with E-state index >= 15 is 0 Å². The van der Waals surface area contributed by atoms with Gasteiger partial charge in [0.2, 0.25) is 5.91 Å². The Morgan fingerprint density at radius 1 is 0.767 bits per heavy atom. The normalized spacial score (nSPS) is 14.2. The highest BCUT2D eigenvalue weighted by Crippen LogP contribution is 2.25. The van der Waals surface area contributed by atoms with Gasteiger partial charge in [-0.05, 0) is 60.7 Å². The SMILES string of the molecule is CC(C)c1ccc(C(=O)NNC(=O)c2ccc(NC(=O)C3CCCCC3)cc2)cc1. The van der Waals surface area contributed by atoms with Gasteiger partial charge >= 0.3 is 0 Å². The third kappa shape index (κ3) is 5.69. The zero-order valence-electron chi connectivity index (χ0n) is 17.5. The molecule has 0 saturated heterocycles. The second kappa shape index (κ2) is 10.1. The number of carbonyl (C=O) groups excluding carboxylic acids is 3. The van der Waals surface area contributed by atoms with Gasteiger partial charge in [-0.2, -0.15) is 0 Å². The Morgan fingerprint density at radius 2 is 1.27 bits per heavy atom. The fourth-order valence-electron chi connectivity index (χ4n) is 3.59. The number of nitrogens with one attached hydrogen (secondary N) is 3. The number of hydrazine groups is 1. The van der Waals surface area contributed by atoms with E-state index in [1.807, 2.05) is 12.1 Å². The van der Waals surface area contributed by atoms with Crippen LogP contribution in [0.5, 0.6) is 0 Å². The summed E-state index contributed by atoms with van der Waals surface area (Å²) in [6.45, 7) is 4.17. The van der Waals surface area contributed by atoms with Crippen molar-refractivity contribution in [3.63, 3.8) is 0 Å². The van der Waals surface area contributed by atoms with Gasteiger partial charge in [0.1, 0.15) is 0 Å². The zero-order chi connectivity index (χ0) is 21.5. The molecule has 0 unspecified atom stereocenters. The molecule has 1 aliphatic carbocycles. The lowest BCUT2D eigenvalue weighted by molar-refractivity contribution is -0.120. The van der Waals surface area contributed by atoms with Gasteiger partial charge in [0.05, 0.1) is 0 Å². The number of rotatable bonds is 5. The second-order valence-corrected chi connectivity index (χ2v) is 8.09. The van der Waals surface area contributed by atoms with E-state index in [1.54, 1.807) is 36.4 Å². The summed E-state index contributed by atoms with van der Waals surface area (Å²) in [6.07, 6.45) is 5.28. The van der Waals surface area contributed by atoms with Crippen molar-refractivity contribution in [1.29, 1.82) is 0 Å². The first-order valence-electron chi connectivity index (χ1n) is 10.6. The van der Waals surface area contributed by atoms with Gasteiger partial charge in [-0.1, -0.05) is 45.2 Å². The van der Waals surface area contributed by atoms with Crippen molar-refractivity contribution in [2.75, 3.05) is 5.32 Å². The highest BCUT2D eigenvalue weighted by atomic mass is 16.2. The molecule has 0 bridgehead atoms. The number of carbonyl (C=O) groups is 3. The molecule has 1 aliphatic rings. The Kier molecular flexibility index (Phi) is 7.22. The molecule has 3 amide bonds. The molecule has 0 aromatic heterocycles. The van der Waals surface area contributed by atoms with E-state index in [0.29, 0.717) is 22.7 Å². The van der Waals surface area contributed by atoms with Crippen LogP contribution >= 0.6 is 0 Å². The lowest BCUT2D eigenvalue weighted by Gasteiger charge is -2.20.